The van der Waals surface area contributed by atoms with Crippen molar-refractivity contribution in [2.75, 3.05) is 7.05 Å². The van der Waals surface area contributed by atoms with E-state index in [1.165, 1.54) is 0 Å². The van der Waals surface area contributed by atoms with Gasteiger partial charge in [0.25, 0.3) is 0 Å². The topological polar surface area (TPSA) is 50.7 Å². The molecule has 0 radical (unpaired) electrons. The van der Waals surface area contributed by atoms with Crippen LogP contribution in [0.3, 0.4) is 0 Å². The van der Waals surface area contributed by atoms with Crippen molar-refractivity contribution in [3.8, 4) is 0 Å². The molecule has 0 saturated heterocycles. The van der Waals surface area contributed by atoms with Crippen LogP contribution in [0.1, 0.15) is 6.92 Å². The fraction of sp³-hybridized carbons (Fsp3) is 0.333. The number of aliphatic imine (C=N–C) groups is 2. The number of nitrogens with two attached hydrogens (primary N) is 1. The second-order valence-corrected chi connectivity index (χ2v) is 1.39. The number of nitrogens with zero attached hydrogens (tertiary/aromatic N) is 2. The maximum atomic E-state index is 5.23. The van der Waals surface area contributed by atoms with Gasteiger partial charge in [0.05, 0.1) is 0 Å². The molecule has 0 heterocycles. The minimum atomic E-state index is 0.299. The van der Waals surface area contributed by atoms with Crippen LogP contribution in [0.25, 0.3) is 0 Å². The monoisotopic (exact) mass is 125 g/mol. The molecule has 0 saturated carbocycles. The maximum absolute atomic E-state index is 5.23. The first-order chi connectivity index (χ1) is 4.31. The lowest BCUT2D eigenvalue weighted by atomic mass is 10.6. The molecular formula is C6H11N3. The summed E-state index contributed by atoms with van der Waals surface area (Å²) in [4.78, 5) is 7.37. The smallest absolute Gasteiger partial charge is 0.214 e. The van der Waals surface area contributed by atoms with E-state index in [1.54, 1.807) is 19.3 Å². The van der Waals surface area contributed by atoms with E-state index in [0.717, 1.165) is 0 Å². The third-order valence-electron chi connectivity index (χ3n) is 0.714. The van der Waals surface area contributed by atoms with Gasteiger partial charge >= 0.3 is 0 Å². The van der Waals surface area contributed by atoms with Gasteiger partial charge in [-0.15, -0.1) is 0 Å². The zero-order valence-electron chi connectivity index (χ0n) is 5.70. The molecule has 0 aromatic heterocycles. The van der Waals surface area contributed by atoms with Crippen molar-refractivity contribution >= 4 is 12.2 Å². The second kappa shape index (κ2) is 5.03. The Labute approximate surface area is 55.0 Å². The highest BCUT2D eigenvalue weighted by Crippen LogP contribution is 1.68. The van der Waals surface area contributed by atoms with E-state index in [2.05, 4.69) is 9.98 Å². The van der Waals surface area contributed by atoms with Crippen LogP contribution in [-0.2, 0) is 0 Å². The molecule has 0 aliphatic carbocycles. The predicted octanol–water partition coefficient (Wildman–Crippen LogP) is 0.578. The minimum absolute atomic E-state index is 0.299. The number of allylic oxidation sites excluding steroid dienone is 2. The maximum Gasteiger partial charge on any atom is 0.214 e. The Balaban J connectivity index is 3.71. The predicted molar refractivity (Wildman–Crippen MR) is 40.9 cm³/mol. The van der Waals surface area contributed by atoms with Crippen molar-refractivity contribution in [1.29, 1.82) is 0 Å². The summed E-state index contributed by atoms with van der Waals surface area (Å²) in [6, 6.07) is 0. The van der Waals surface area contributed by atoms with E-state index < -0.39 is 0 Å². The van der Waals surface area contributed by atoms with Crippen molar-refractivity contribution in [3.63, 3.8) is 0 Å². The summed E-state index contributed by atoms with van der Waals surface area (Å²) in [6.45, 7) is 1.91. The summed E-state index contributed by atoms with van der Waals surface area (Å²) < 4.78 is 0. The highest BCUT2D eigenvalue weighted by atomic mass is 15.0. The summed E-state index contributed by atoms with van der Waals surface area (Å²) in [5.74, 6) is 0.299. The van der Waals surface area contributed by atoms with Crippen LogP contribution in [0.15, 0.2) is 22.1 Å². The molecule has 0 spiro atoms. The average Bonchev–Trinajstić information content (AvgIpc) is 1.89. The van der Waals surface area contributed by atoms with Gasteiger partial charge < -0.3 is 5.73 Å². The molecule has 0 aromatic rings. The van der Waals surface area contributed by atoms with Gasteiger partial charge in [-0.1, -0.05) is 6.08 Å². The zero-order chi connectivity index (χ0) is 7.11. The SMILES string of the molecule is C/C=C\C=NC(N)=NC. The molecule has 0 aromatic carbocycles. The Kier molecular flexibility index (Phi) is 4.40. The van der Waals surface area contributed by atoms with Crippen LogP contribution in [0.2, 0.25) is 0 Å². The van der Waals surface area contributed by atoms with Gasteiger partial charge in [0.1, 0.15) is 0 Å². The highest BCUT2D eigenvalue weighted by Gasteiger charge is 1.74. The number of hydrogen-bond acceptors (Lipinski definition) is 1. The van der Waals surface area contributed by atoms with E-state index in [0.29, 0.717) is 5.96 Å². The lowest BCUT2D eigenvalue weighted by molar-refractivity contribution is 1.36. The lowest BCUT2D eigenvalue weighted by Crippen LogP contribution is -2.06. The van der Waals surface area contributed by atoms with Crippen molar-refractivity contribution in [3.05, 3.63) is 12.2 Å². The summed E-state index contributed by atoms with van der Waals surface area (Å²) in [7, 11) is 1.60. The van der Waals surface area contributed by atoms with E-state index in [9.17, 15) is 0 Å². The lowest BCUT2D eigenvalue weighted by Gasteiger charge is -1.82. The summed E-state index contributed by atoms with van der Waals surface area (Å²) in [5, 5.41) is 0. The Morgan fingerprint density at radius 1 is 1.56 bits per heavy atom. The molecule has 50 valence electrons. The molecule has 3 heteroatoms. The van der Waals surface area contributed by atoms with Gasteiger partial charge in [-0.25, -0.2) is 4.99 Å². The third-order valence-corrected chi connectivity index (χ3v) is 0.714. The van der Waals surface area contributed by atoms with Gasteiger partial charge in [0, 0.05) is 13.3 Å². The Morgan fingerprint density at radius 2 is 2.22 bits per heavy atom. The molecule has 0 atom stereocenters. The summed E-state index contributed by atoms with van der Waals surface area (Å²) in [5.41, 5.74) is 5.23. The quantitative estimate of drug-likeness (QED) is 0.404. The molecular weight excluding hydrogens is 114 g/mol. The van der Waals surface area contributed by atoms with E-state index in [-0.39, 0.29) is 0 Å². The first-order valence-corrected chi connectivity index (χ1v) is 2.69. The number of rotatable bonds is 1. The van der Waals surface area contributed by atoms with Crippen molar-refractivity contribution in [1.82, 2.24) is 0 Å². The molecule has 2 N–H and O–H groups in total. The molecule has 3 nitrogen and oxygen atoms in total. The Morgan fingerprint density at radius 3 is 2.67 bits per heavy atom. The minimum Gasteiger partial charge on any atom is -0.368 e. The van der Waals surface area contributed by atoms with Crippen LogP contribution in [-0.4, -0.2) is 19.2 Å². The van der Waals surface area contributed by atoms with Crippen LogP contribution in [0.5, 0.6) is 0 Å². The van der Waals surface area contributed by atoms with Crippen LogP contribution in [0, 0.1) is 0 Å². The van der Waals surface area contributed by atoms with Crippen LogP contribution < -0.4 is 5.73 Å². The van der Waals surface area contributed by atoms with Gasteiger partial charge in [0.2, 0.25) is 5.96 Å². The molecule has 0 aliphatic heterocycles. The number of hydrogen-bond donors (Lipinski definition) is 1. The van der Waals surface area contributed by atoms with Crippen molar-refractivity contribution < 1.29 is 0 Å². The zero-order valence-corrected chi connectivity index (χ0v) is 5.70. The van der Waals surface area contributed by atoms with Crippen LogP contribution >= 0.6 is 0 Å². The molecule has 9 heavy (non-hydrogen) atoms. The average molecular weight is 125 g/mol. The molecule has 0 aliphatic rings. The van der Waals surface area contributed by atoms with E-state index >= 15 is 0 Å². The second-order valence-electron chi connectivity index (χ2n) is 1.39. The first kappa shape index (κ1) is 7.88. The van der Waals surface area contributed by atoms with Gasteiger partial charge in [-0.2, -0.15) is 0 Å². The normalized spacial score (nSPS) is 13.8. The van der Waals surface area contributed by atoms with E-state index in [4.69, 9.17) is 5.73 Å². The molecule has 0 bridgehead atoms. The molecule has 0 fully saturated rings. The van der Waals surface area contributed by atoms with Crippen molar-refractivity contribution in [2.24, 2.45) is 15.7 Å². The third kappa shape index (κ3) is 4.74. The fourth-order valence-corrected chi connectivity index (χ4v) is 0.263. The summed E-state index contributed by atoms with van der Waals surface area (Å²) in [6.07, 6.45) is 5.26. The standard InChI is InChI=1S/C6H11N3/c1-3-4-5-9-6(7)8-2/h3-5H,1-2H3,(H2,7,8)/b4-3-,9-5?. The number of guanidine groups is 1. The largest absolute Gasteiger partial charge is 0.368 e. The fourth-order valence-electron chi connectivity index (χ4n) is 0.263. The van der Waals surface area contributed by atoms with E-state index in [1.807, 2.05) is 13.0 Å². The Bertz CT molecular complexity index is 144. The molecule has 0 amide bonds. The molecule has 0 rings (SSSR count). The van der Waals surface area contributed by atoms with Crippen LogP contribution in [0.4, 0.5) is 0 Å². The highest BCUT2D eigenvalue weighted by molar-refractivity contribution is 5.89. The van der Waals surface area contributed by atoms with Gasteiger partial charge in [0.15, 0.2) is 0 Å². The summed E-state index contributed by atoms with van der Waals surface area (Å²) >= 11 is 0. The van der Waals surface area contributed by atoms with Crippen molar-refractivity contribution in [2.45, 2.75) is 6.92 Å². The Hall–Kier alpha value is -1.12. The molecule has 0 unspecified atom stereocenters. The first-order valence-electron chi connectivity index (χ1n) is 2.69. The van der Waals surface area contributed by atoms with Gasteiger partial charge in [-0.05, 0) is 13.0 Å². The van der Waals surface area contributed by atoms with Gasteiger partial charge in [-0.3, -0.25) is 4.99 Å².